The van der Waals surface area contributed by atoms with Crippen molar-refractivity contribution in [3.05, 3.63) is 16.1 Å². The summed E-state index contributed by atoms with van der Waals surface area (Å²) in [5.74, 6) is -3.45. The number of hydrogen-bond acceptors (Lipinski definition) is 6. The van der Waals surface area contributed by atoms with Crippen molar-refractivity contribution in [1.29, 1.82) is 0 Å². The highest BCUT2D eigenvalue weighted by molar-refractivity contribution is 8.24. The summed E-state index contributed by atoms with van der Waals surface area (Å²) in [6.07, 6.45) is 0.550. The summed E-state index contributed by atoms with van der Waals surface area (Å²) >= 11 is 0.983. The minimum absolute atomic E-state index is 0.0116. The molecule has 0 aromatic carbocycles. The molecule has 26 heavy (non-hydrogen) atoms. The zero-order valence-corrected chi connectivity index (χ0v) is 15.8. The van der Waals surface area contributed by atoms with Crippen molar-refractivity contribution in [1.82, 2.24) is 15.2 Å². The number of thiazole rings is 1. The van der Waals surface area contributed by atoms with Crippen LogP contribution in [0.4, 0.5) is 8.78 Å². The van der Waals surface area contributed by atoms with E-state index >= 15 is 0 Å². The van der Waals surface area contributed by atoms with E-state index < -0.39 is 40.9 Å². The highest BCUT2D eigenvalue weighted by Gasteiger charge is 2.45. The van der Waals surface area contributed by atoms with Gasteiger partial charge in [0.1, 0.15) is 5.69 Å². The van der Waals surface area contributed by atoms with Crippen molar-refractivity contribution in [2.24, 2.45) is 0 Å². The highest BCUT2D eigenvalue weighted by Crippen LogP contribution is 2.43. The van der Waals surface area contributed by atoms with Crippen molar-refractivity contribution in [3.63, 3.8) is 0 Å². The summed E-state index contributed by atoms with van der Waals surface area (Å²) in [4.78, 5) is 29.8. The van der Waals surface area contributed by atoms with Crippen molar-refractivity contribution < 1.29 is 27.5 Å². The van der Waals surface area contributed by atoms with E-state index in [1.54, 1.807) is 6.92 Å². The second kappa shape index (κ2) is 7.02. The Labute approximate surface area is 155 Å². The molecule has 1 atom stereocenters. The van der Waals surface area contributed by atoms with Gasteiger partial charge in [-0.15, -0.1) is 11.3 Å². The molecule has 3 heterocycles. The number of alkyl halides is 2. The average molecular weight is 409 g/mol. The number of likely N-dealkylation sites (tertiary alicyclic amines) is 1. The quantitative estimate of drug-likeness (QED) is 0.712. The average Bonchev–Trinajstić information content (AvgIpc) is 3.13. The number of rotatable bonds is 3. The number of carbonyl (C=O) groups is 2. The first-order chi connectivity index (χ1) is 12.1. The van der Waals surface area contributed by atoms with Gasteiger partial charge in [-0.3, -0.25) is 18.7 Å². The molecule has 1 unspecified atom stereocenters. The molecular formula is C15H21F2N3O4S2. The Morgan fingerprint density at radius 2 is 2.04 bits per heavy atom. The van der Waals surface area contributed by atoms with E-state index in [1.165, 1.54) is 5.38 Å². The second-order valence-corrected chi connectivity index (χ2v) is 10.1. The number of nitrogens with one attached hydrogen (secondary N) is 1. The van der Waals surface area contributed by atoms with Crippen LogP contribution in [0.5, 0.6) is 0 Å². The van der Waals surface area contributed by atoms with Gasteiger partial charge in [-0.1, -0.05) is 0 Å². The molecule has 1 aromatic rings. The van der Waals surface area contributed by atoms with Gasteiger partial charge in [0.2, 0.25) is 0 Å². The fraction of sp³-hybridized carbons (Fsp3) is 0.667. The maximum atomic E-state index is 13.5. The number of aromatic nitrogens is 1. The first-order valence-electron chi connectivity index (χ1n) is 8.25. The van der Waals surface area contributed by atoms with Crippen LogP contribution in [-0.4, -0.2) is 66.9 Å². The molecule has 3 rings (SSSR count). The highest BCUT2D eigenvalue weighted by atomic mass is 32.3. The van der Waals surface area contributed by atoms with E-state index in [1.807, 2.05) is 0 Å². The Morgan fingerprint density at radius 3 is 2.62 bits per heavy atom. The van der Waals surface area contributed by atoms with E-state index in [2.05, 4.69) is 10.3 Å². The van der Waals surface area contributed by atoms with Gasteiger partial charge < -0.3 is 10.2 Å². The lowest BCUT2D eigenvalue weighted by atomic mass is 10.1. The SMILES string of the molecule is CC1CC(F)(F)CN1C(=O)c1csc(C(=O)NC2CCS(O)(O)CC2)n1. The van der Waals surface area contributed by atoms with Gasteiger partial charge in [0.15, 0.2) is 5.01 Å². The van der Waals surface area contributed by atoms with Gasteiger partial charge in [0, 0.05) is 35.4 Å². The van der Waals surface area contributed by atoms with Gasteiger partial charge in [-0.2, -0.15) is 10.6 Å². The predicted octanol–water partition coefficient (Wildman–Crippen LogP) is 2.66. The van der Waals surface area contributed by atoms with Crippen molar-refractivity contribution in [2.45, 2.75) is 44.2 Å². The minimum atomic E-state index is -2.90. The lowest BCUT2D eigenvalue weighted by molar-refractivity contribution is 0.0117. The zero-order chi connectivity index (χ0) is 19.1. The van der Waals surface area contributed by atoms with Crippen LogP contribution in [0.2, 0.25) is 0 Å². The molecule has 2 aliphatic rings. The van der Waals surface area contributed by atoms with E-state index in [0.717, 1.165) is 16.2 Å². The second-order valence-electron chi connectivity index (χ2n) is 6.84. The van der Waals surface area contributed by atoms with Crippen LogP contribution >= 0.6 is 21.9 Å². The summed E-state index contributed by atoms with van der Waals surface area (Å²) in [5, 5.41) is 4.26. The normalized spacial score (nSPS) is 26.5. The molecule has 2 aliphatic heterocycles. The summed E-state index contributed by atoms with van der Waals surface area (Å²) in [6.45, 7) is 0.923. The lowest BCUT2D eigenvalue weighted by Gasteiger charge is -2.39. The van der Waals surface area contributed by atoms with Crippen molar-refractivity contribution >= 4 is 33.7 Å². The van der Waals surface area contributed by atoms with Gasteiger partial charge in [0.25, 0.3) is 17.7 Å². The lowest BCUT2D eigenvalue weighted by Crippen LogP contribution is -2.40. The molecule has 11 heteroatoms. The first-order valence-corrected chi connectivity index (χ1v) is 11.0. The monoisotopic (exact) mass is 409 g/mol. The summed E-state index contributed by atoms with van der Waals surface area (Å²) < 4.78 is 46.1. The molecule has 2 saturated heterocycles. The number of carbonyl (C=O) groups excluding carboxylic acids is 2. The third-order valence-electron chi connectivity index (χ3n) is 4.63. The van der Waals surface area contributed by atoms with Crippen LogP contribution in [0.3, 0.4) is 0 Å². The first kappa shape index (κ1) is 19.5. The molecular weight excluding hydrogens is 388 g/mol. The van der Waals surface area contributed by atoms with Gasteiger partial charge >= 0.3 is 0 Å². The van der Waals surface area contributed by atoms with Gasteiger partial charge in [0.05, 0.1) is 6.54 Å². The molecule has 0 radical (unpaired) electrons. The van der Waals surface area contributed by atoms with Crippen LogP contribution in [0.25, 0.3) is 0 Å². The minimum Gasteiger partial charge on any atom is -0.347 e. The number of nitrogens with zero attached hydrogens (tertiary/aromatic N) is 2. The Kier molecular flexibility index (Phi) is 5.26. The fourth-order valence-electron chi connectivity index (χ4n) is 3.21. The molecule has 2 amide bonds. The topological polar surface area (TPSA) is 103 Å². The van der Waals surface area contributed by atoms with Crippen LogP contribution in [0.15, 0.2) is 5.38 Å². The van der Waals surface area contributed by atoms with Crippen LogP contribution in [0.1, 0.15) is 46.5 Å². The molecule has 3 N–H and O–H groups in total. The molecule has 0 aliphatic carbocycles. The van der Waals surface area contributed by atoms with E-state index in [-0.39, 0.29) is 34.7 Å². The number of hydrogen-bond donors (Lipinski definition) is 3. The van der Waals surface area contributed by atoms with Crippen molar-refractivity contribution in [2.75, 3.05) is 18.1 Å². The maximum absolute atomic E-state index is 13.5. The summed E-state index contributed by atoms with van der Waals surface area (Å²) in [5.41, 5.74) is -0.0116. The maximum Gasteiger partial charge on any atom is 0.280 e. The Morgan fingerprint density at radius 1 is 1.38 bits per heavy atom. The van der Waals surface area contributed by atoms with Crippen LogP contribution in [-0.2, 0) is 0 Å². The fourth-order valence-corrected chi connectivity index (χ4v) is 5.43. The van der Waals surface area contributed by atoms with E-state index in [9.17, 15) is 27.5 Å². The van der Waals surface area contributed by atoms with Gasteiger partial charge in [-0.25, -0.2) is 13.8 Å². The molecule has 146 valence electrons. The molecule has 7 nitrogen and oxygen atoms in total. The van der Waals surface area contributed by atoms with Crippen LogP contribution in [0, 0.1) is 0 Å². The number of amides is 2. The third-order valence-corrected chi connectivity index (χ3v) is 7.25. The predicted molar refractivity (Wildman–Crippen MR) is 95.2 cm³/mol. The zero-order valence-electron chi connectivity index (χ0n) is 14.2. The number of halogens is 2. The van der Waals surface area contributed by atoms with Crippen LogP contribution < -0.4 is 5.32 Å². The smallest absolute Gasteiger partial charge is 0.280 e. The molecule has 0 spiro atoms. The molecule has 0 saturated carbocycles. The van der Waals surface area contributed by atoms with Gasteiger partial charge in [-0.05, 0) is 19.8 Å². The molecule has 2 fully saturated rings. The van der Waals surface area contributed by atoms with Crippen molar-refractivity contribution in [3.8, 4) is 0 Å². The molecule has 1 aromatic heterocycles. The van der Waals surface area contributed by atoms with E-state index in [0.29, 0.717) is 12.8 Å². The standard InChI is InChI=1S/C15H21F2N3O4S2/c1-9-6-15(16,17)8-20(9)14(22)11-7-25-13(19-11)12(21)18-10-2-4-26(23,24)5-3-10/h7,9-10,23-24H,2-6,8H2,1H3,(H,18,21). The van der Waals surface area contributed by atoms with E-state index in [4.69, 9.17) is 0 Å². The molecule has 0 bridgehead atoms. The Balaban J connectivity index is 1.61. The largest absolute Gasteiger partial charge is 0.347 e. The summed E-state index contributed by atoms with van der Waals surface area (Å²) in [7, 11) is -2.52. The Bertz CT molecular complexity index is 703. The Hall–Kier alpha value is -1.30. The third kappa shape index (κ3) is 4.33. The summed E-state index contributed by atoms with van der Waals surface area (Å²) in [6, 6.07) is -0.763.